The van der Waals surface area contributed by atoms with Crippen molar-refractivity contribution in [2.75, 3.05) is 6.54 Å². The van der Waals surface area contributed by atoms with Crippen molar-refractivity contribution in [1.29, 1.82) is 0 Å². The lowest BCUT2D eigenvalue weighted by atomic mass is 10.1. The fraction of sp³-hybridized carbons (Fsp3) is 0.667. The molecule has 13 heavy (non-hydrogen) atoms. The van der Waals surface area contributed by atoms with Gasteiger partial charge in [-0.05, 0) is 5.92 Å². The average Bonchev–Trinajstić information content (AvgIpc) is 2.56. The summed E-state index contributed by atoms with van der Waals surface area (Å²) in [5.74, 6) is 0.300. The van der Waals surface area contributed by atoms with Gasteiger partial charge in [0.2, 0.25) is 0 Å². The molecule has 74 valence electrons. The van der Waals surface area contributed by atoms with Gasteiger partial charge in [0.05, 0.1) is 12.4 Å². The number of rotatable bonds is 5. The maximum Gasteiger partial charge on any atom is 0.0922 e. The Morgan fingerprint density at radius 2 is 2.38 bits per heavy atom. The van der Waals surface area contributed by atoms with Gasteiger partial charge in [0.1, 0.15) is 0 Å². The molecule has 0 aliphatic rings. The van der Waals surface area contributed by atoms with E-state index in [1.165, 1.54) is 0 Å². The van der Waals surface area contributed by atoms with Crippen LogP contribution in [0.4, 0.5) is 0 Å². The minimum absolute atomic E-state index is 0.275. The number of aromatic nitrogens is 2. The summed E-state index contributed by atoms with van der Waals surface area (Å²) >= 11 is 0. The van der Waals surface area contributed by atoms with Crippen LogP contribution in [0.5, 0.6) is 0 Å². The summed E-state index contributed by atoms with van der Waals surface area (Å²) in [4.78, 5) is 6.88. The third-order valence-corrected chi connectivity index (χ3v) is 1.99. The Morgan fingerprint density at radius 3 is 2.92 bits per heavy atom. The number of nitrogens with zero attached hydrogens (tertiary/aromatic N) is 1. The molecule has 0 saturated carbocycles. The molecule has 4 nitrogen and oxygen atoms in total. The van der Waals surface area contributed by atoms with Crippen molar-refractivity contribution in [3.05, 3.63) is 18.2 Å². The van der Waals surface area contributed by atoms with Crippen molar-refractivity contribution in [3.8, 4) is 0 Å². The van der Waals surface area contributed by atoms with Gasteiger partial charge in [0.25, 0.3) is 0 Å². The molecule has 0 amide bonds. The maximum atomic E-state index is 9.47. The van der Waals surface area contributed by atoms with E-state index in [0.29, 0.717) is 12.5 Å². The third-order valence-electron chi connectivity index (χ3n) is 1.99. The lowest BCUT2D eigenvalue weighted by Gasteiger charge is -2.14. The molecular formula is C9H17N3O. The number of nitrogens with one attached hydrogen (secondary N) is 2. The lowest BCUT2D eigenvalue weighted by Crippen LogP contribution is -2.30. The number of aliphatic hydroxyl groups excluding tert-OH is 1. The van der Waals surface area contributed by atoms with E-state index >= 15 is 0 Å². The Labute approximate surface area is 78.4 Å². The predicted octanol–water partition coefficient (Wildman–Crippen LogP) is 0.516. The van der Waals surface area contributed by atoms with Gasteiger partial charge in [0, 0.05) is 25.0 Å². The van der Waals surface area contributed by atoms with E-state index in [1.54, 1.807) is 12.5 Å². The topological polar surface area (TPSA) is 60.9 Å². The van der Waals surface area contributed by atoms with Crippen LogP contribution >= 0.6 is 0 Å². The molecular weight excluding hydrogens is 166 g/mol. The molecule has 1 aromatic heterocycles. The van der Waals surface area contributed by atoms with E-state index in [0.717, 1.165) is 12.2 Å². The molecule has 1 rings (SSSR count). The van der Waals surface area contributed by atoms with Gasteiger partial charge in [-0.15, -0.1) is 0 Å². The van der Waals surface area contributed by atoms with Crippen LogP contribution in [0.3, 0.4) is 0 Å². The second-order valence-electron chi connectivity index (χ2n) is 3.52. The highest BCUT2D eigenvalue weighted by molar-refractivity contribution is 4.93. The van der Waals surface area contributed by atoms with E-state index in [1.807, 2.05) is 13.8 Å². The highest BCUT2D eigenvalue weighted by atomic mass is 16.3. The smallest absolute Gasteiger partial charge is 0.0922 e. The van der Waals surface area contributed by atoms with Crippen molar-refractivity contribution in [1.82, 2.24) is 15.3 Å². The minimum atomic E-state index is -0.275. The summed E-state index contributed by atoms with van der Waals surface area (Å²) in [5, 5.41) is 12.6. The molecule has 0 aromatic carbocycles. The molecule has 3 N–H and O–H groups in total. The van der Waals surface area contributed by atoms with Crippen molar-refractivity contribution < 1.29 is 5.11 Å². The molecule has 1 atom stereocenters. The molecule has 0 radical (unpaired) electrons. The summed E-state index contributed by atoms with van der Waals surface area (Å²) in [6.45, 7) is 5.35. The molecule has 1 unspecified atom stereocenters. The Morgan fingerprint density at radius 1 is 1.62 bits per heavy atom. The van der Waals surface area contributed by atoms with Crippen LogP contribution in [0, 0.1) is 5.92 Å². The molecule has 1 aromatic rings. The first-order valence-electron chi connectivity index (χ1n) is 4.56. The summed E-state index contributed by atoms with van der Waals surface area (Å²) in [6, 6.07) is 0. The second kappa shape index (κ2) is 4.99. The van der Waals surface area contributed by atoms with Crippen LogP contribution < -0.4 is 5.32 Å². The monoisotopic (exact) mass is 183 g/mol. The van der Waals surface area contributed by atoms with Crippen LogP contribution in [-0.2, 0) is 6.54 Å². The predicted molar refractivity (Wildman–Crippen MR) is 51.1 cm³/mol. The SMILES string of the molecule is CC(C)C(O)CNCc1cnc[nH]1. The van der Waals surface area contributed by atoms with Gasteiger partial charge < -0.3 is 15.4 Å². The number of H-pyrrole nitrogens is 1. The molecule has 0 spiro atoms. The number of aromatic amines is 1. The molecule has 4 heteroatoms. The molecule has 0 bridgehead atoms. The number of hydrogen-bond acceptors (Lipinski definition) is 3. The first-order chi connectivity index (χ1) is 6.20. The van der Waals surface area contributed by atoms with Gasteiger partial charge in [-0.25, -0.2) is 4.98 Å². The fourth-order valence-corrected chi connectivity index (χ4v) is 0.972. The van der Waals surface area contributed by atoms with Gasteiger partial charge in [-0.3, -0.25) is 0 Å². The summed E-state index contributed by atoms with van der Waals surface area (Å²) in [5.41, 5.74) is 1.04. The average molecular weight is 183 g/mol. The third kappa shape index (κ3) is 3.57. The Balaban J connectivity index is 2.14. The highest BCUT2D eigenvalue weighted by Gasteiger charge is 2.07. The van der Waals surface area contributed by atoms with E-state index in [2.05, 4.69) is 15.3 Å². The molecule has 1 heterocycles. The number of hydrogen-bond donors (Lipinski definition) is 3. The molecule has 0 fully saturated rings. The van der Waals surface area contributed by atoms with Crippen LogP contribution in [0.25, 0.3) is 0 Å². The molecule has 0 saturated heterocycles. The Kier molecular flexibility index (Phi) is 3.92. The zero-order valence-electron chi connectivity index (χ0n) is 8.12. The van der Waals surface area contributed by atoms with Crippen LogP contribution in [0.2, 0.25) is 0 Å². The van der Waals surface area contributed by atoms with E-state index in [4.69, 9.17) is 0 Å². The van der Waals surface area contributed by atoms with E-state index in [-0.39, 0.29) is 6.10 Å². The first kappa shape index (κ1) is 10.2. The fourth-order valence-electron chi connectivity index (χ4n) is 0.972. The normalized spacial score (nSPS) is 13.5. The Bertz CT molecular complexity index is 221. The zero-order valence-corrected chi connectivity index (χ0v) is 8.12. The highest BCUT2D eigenvalue weighted by Crippen LogP contribution is 1.99. The van der Waals surface area contributed by atoms with Crippen LogP contribution in [0.1, 0.15) is 19.5 Å². The standard InChI is InChI=1S/C9H17N3O/c1-7(2)9(13)5-10-3-8-4-11-6-12-8/h4,6-7,9-10,13H,3,5H2,1-2H3,(H,11,12). The Hall–Kier alpha value is -0.870. The van der Waals surface area contributed by atoms with Crippen LogP contribution in [-0.4, -0.2) is 27.7 Å². The van der Waals surface area contributed by atoms with Gasteiger partial charge in [0.15, 0.2) is 0 Å². The quantitative estimate of drug-likeness (QED) is 0.623. The number of aliphatic hydroxyl groups is 1. The van der Waals surface area contributed by atoms with Gasteiger partial charge >= 0.3 is 0 Å². The second-order valence-corrected chi connectivity index (χ2v) is 3.52. The van der Waals surface area contributed by atoms with Gasteiger partial charge in [-0.1, -0.05) is 13.8 Å². The van der Waals surface area contributed by atoms with Crippen molar-refractivity contribution in [2.45, 2.75) is 26.5 Å². The summed E-state index contributed by atoms with van der Waals surface area (Å²) < 4.78 is 0. The maximum absolute atomic E-state index is 9.47. The lowest BCUT2D eigenvalue weighted by molar-refractivity contribution is 0.123. The zero-order chi connectivity index (χ0) is 9.68. The molecule has 0 aliphatic carbocycles. The van der Waals surface area contributed by atoms with Gasteiger partial charge in [-0.2, -0.15) is 0 Å². The van der Waals surface area contributed by atoms with E-state index < -0.39 is 0 Å². The van der Waals surface area contributed by atoms with Crippen molar-refractivity contribution >= 4 is 0 Å². The largest absolute Gasteiger partial charge is 0.392 e. The summed E-state index contributed by atoms with van der Waals surface area (Å²) in [7, 11) is 0. The van der Waals surface area contributed by atoms with Crippen LogP contribution in [0.15, 0.2) is 12.5 Å². The number of imidazole rings is 1. The first-order valence-corrected chi connectivity index (χ1v) is 4.56. The minimum Gasteiger partial charge on any atom is -0.392 e. The van der Waals surface area contributed by atoms with E-state index in [9.17, 15) is 5.11 Å². The van der Waals surface area contributed by atoms with Crippen molar-refractivity contribution in [2.24, 2.45) is 5.92 Å². The molecule has 0 aliphatic heterocycles. The summed E-state index contributed by atoms with van der Waals surface area (Å²) in [6.07, 6.45) is 3.15. The van der Waals surface area contributed by atoms with Crippen molar-refractivity contribution in [3.63, 3.8) is 0 Å².